The number of carbonyl (C=O) groups is 2. The van der Waals surface area contributed by atoms with Gasteiger partial charge in [0, 0.05) is 38.0 Å². The number of aromatic nitrogens is 2. The van der Waals surface area contributed by atoms with E-state index in [4.69, 9.17) is 0 Å². The largest absolute Gasteiger partial charge is 0.396 e. The second kappa shape index (κ2) is 9.62. The van der Waals surface area contributed by atoms with Gasteiger partial charge < -0.3 is 10.0 Å². The minimum atomic E-state index is -0.515. The van der Waals surface area contributed by atoms with E-state index in [1.807, 2.05) is 12.1 Å². The Labute approximate surface area is 199 Å². The number of aryl methyl sites for hydroxylation is 1. The number of anilines is 1. The Balaban J connectivity index is 1.29. The van der Waals surface area contributed by atoms with Gasteiger partial charge in [-0.3, -0.25) is 19.7 Å². The van der Waals surface area contributed by atoms with Crippen LogP contribution >= 0.6 is 0 Å². The number of rotatable bonds is 5. The molecule has 8 nitrogen and oxygen atoms in total. The molecule has 5 rings (SSSR count). The summed E-state index contributed by atoms with van der Waals surface area (Å²) in [6.07, 6.45) is 7.77. The number of benzene rings is 1. The first-order valence-electron chi connectivity index (χ1n) is 12.6. The highest BCUT2D eigenvalue weighted by atomic mass is 19.1. The summed E-state index contributed by atoms with van der Waals surface area (Å²) >= 11 is 0. The summed E-state index contributed by atoms with van der Waals surface area (Å²) in [4.78, 5) is 27.8. The van der Waals surface area contributed by atoms with Gasteiger partial charge in [-0.05, 0) is 81.5 Å². The van der Waals surface area contributed by atoms with E-state index in [1.165, 1.54) is 35.3 Å². The Hall–Kier alpha value is -2.52. The number of urea groups is 1. The monoisotopic (exact) mass is 471 g/mol. The maximum Gasteiger partial charge on any atom is 0.329 e. The molecule has 0 unspecified atom stereocenters. The average molecular weight is 472 g/mol. The van der Waals surface area contributed by atoms with Gasteiger partial charge in [0.05, 0.1) is 0 Å². The molecule has 2 saturated heterocycles. The number of halogens is 1. The molecule has 1 saturated carbocycles. The quantitative estimate of drug-likeness (QED) is 0.699. The third-order valence-corrected chi connectivity index (χ3v) is 8.10. The molecule has 1 aliphatic carbocycles. The summed E-state index contributed by atoms with van der Waals surface area (Å²) in [6.45, 7) is 2.49. The summed E-state index contributed by atoms with van der Waals surface area (Å²) in [6, 6.07) is 3.83. The van der Waals surface area contributed by atoms with Crippen LogP contribution < -0.4 is 10.2 Å². The van der Waals surface area contributed by atoms with E-state index in [0.717, 1.165) is 37.9 Å². The van der Waals surface area contributed by atoms with E-state index < -0.39 is 6.03 Å². The third kappa shape index (κ3) is 4.31. The Morgan fingerprint density at radius 3 is 2.50 bits per heavy atom. The van der Waals surface area contributed by atoms with Crippen LogP contribution in [0.1, 0.15) is 62.8 Å². The number of piperidine rings is 1. The summed E-state index contributed by atoms with van der Waals surface area (Å²) < 4.78 is 17.3. The number of imide groups is 1. The Morgan fingerprint density at radius 2 is 1.82 bits per heavy atom. The standard InChI is InChI=1S/C25H34FN5O3/c1-29-23-20(24(28-29)31-14-10-21(33)27-25(31)34)7-6-19(22(23)26)17-8-12-30(13-9-17)18-4-2-16(3-5-18)11-15-32/h6-7,16-18,32H,2-5,8-15H2,1H3,(H,27,33,34). The molecule has 0 bridgehead atoms. The molecule has 3 aliphatic rings. The number of amides is 3. The van der Waals surface area contributed by atoms with Crippen LogP contribution in [0.4, 0.5) is 15.0 Å². The van der Waals surface area contributed by atoms with Crippen molar-refractivity contribution in [3.63, 3.8) is 0 Å². The van der Waals surface area contributed by atoms with Crippen molar-refractivity contribution in [2.45, 2.75) is 63.3 Å². The molecule has 0 radical (unpaired) electrons. The number of aliphatic hydroxyl groups excluding tert-OH is 1. The Kier molecular flexibility index (Phi) is 6.57. The fraction of sp³-hybridized carbons (Fsp3) is 0.640. The van der Waals surface area contributed by atoms with Crippen LogP contribution in [0.2, 0.25) is 0 Å². The van der Waals surface area contributed by atoms with Gasteiger partial charge in [-0.2, -0.15) is 5.10 Å². The zero-order valence-corrected chi connectivity index (χ0v) is 19.8. The van der Waals surface area contributed by atoms with Crippen molar-refractivity contribution < 1.29 is 19.1 Å². The molecule has 1 aromatic carbocycles. The maximum atomic E-state index is 15.8. The zero-order valence-electron chi connectivity index (χ0n) is 19.8. The second-order valence-electron chi connectivity index (χ2n) is 10.1. The van der Waals surface area contributed by atoms with Gasteiger partial charge >= 0.3 is 6.03 Å². The van der Waals surface area contributed by atoms with Gasteiger partial charge in [-0.1, -0.05) is 6.07 Å². The first-order valence-corrected chi connectivity index (χ1v) is 12.6. The predicted octanol–water partition coefficient (Wildman–Crippen LogP) is 3.28. The molecular weight excluding hydrogens is 437 g/mol. The molecule has 3 amide bonds. The molecule has 2 aliphatic heterocycles. The number of hydrogen-bond donors (Lipinski definition) is 2. The fourth-order valence-electron chi connectivity index (χ4n) is 6.16. The van der Waals surface area contributed by atoms with Crippen LogP contribution in [0.5, 0.6) is 0 Å². The third-order valence-electron chi connectivity index (χ3n) is 8.10. The highest BCUT2D eigenvalue weighted by molar-refractivity contribution is 6.08. The van der Waals surface area contributed by atoms with E-state index in [2.05, 4.69) is 15.3 Å². The Morgan fingerprint density at radius 1 is 1.09 bits per heavy atom. The minimum Gasteiger partial charge on any atom is -0.396 e. The summed E-state index contributed by atoms with van der Waals surface area (Å²) in [7, 11) is 1.70. The SMILES string of the molecule is Cn1nc(N2CCC(=O)NC2=O)c2ccc(C3CCN(C4CCC(CCO)CC4)CC3)c(F)c21. The number of fused-ring (bicyclic) bond motifs is 1. The van der Waals surface area contributed by atoms with E-state index >= 15 is 4.39 Å². The molecule has 0 spiro atoms. The number of aliphatic hydroxyl groups is 1. The smallest absolute Gasteiger partial charge is 0.329 e. The summed E-state index contributed by atoms with van der Waals surface area (Å²) in [5.41, 5.74) is 1.13. The molecule has 2 N–H and O–H groups in total. The van der Waals surface area contributed by atoms with Crippen LogP contribution in [0.3, 0.4) is 0 Å². The van der Waals surface area contributed by atoms with Gasteiger partial charge in [0.15, 0.2) is 11.6 Å². The molecule has 3 heterocycles. The molecule has 2 aromatic rings. The van der Waals surface area contributed by atoms with E-state index in [-0.39, 0.29) is 30.6 Å². The van der Waals surface area contributed by atoms with Gasteiger partial charge in [0.25, 0.3) is 0 Å². The molecule has 0 atom stereocenters. The van der Waals surface area contributed by atoms with Crippen molar-refractivity contribution >= 4 is 28.7 Å². The van der Waals surface area contributed by atoms with E-state index in [0.29, 0.717) is 35.3 Å². The number of nitrogens with one attached hydrogen (secondary N) is 1. The number of hydrogen-bond acceptors (Lipinski definition) is 5. The van der Waals surface area contributed by atoms with Crippen molar-refractivity contribution in [2.75, 3.05) is 31.1 Å². The number of nitrogens with zero attached hydrogens (tertiary/aromatic N) is 4. The summed E-state index contributed by atoms with van der Waals surface area (Å²) in [5.74, 6) is 0.662. The van der Waals surface area contributed by atoms with Crippen molar-refractivity contribution in [1.29, 1.82) is 0 Å². The normalized spacial score (nSPS) is 25.2. The second-order valence-corrected chi connectivity index (χ2v) is 10.1. The van der Waals surface area contributed by atoms with Crippen LogP contribution in [0.15, 0.2) is 12.1 Å². The maximum absolute atomic E-state index is 15.8. The Bertz CT molecular complexity index is 1070. The van der Waals surface area contributed by atoms with Crippen molar-refractivity contribution in [1.82, 2.24) is 20.0 Å². The lowest BCUT2D eigenvalue weighted by molar-refractivity contribution is -0.120. The topological polar surface area (TPSA) is 90.7 Å². The first kappa shape index (κ1) is 23.2. The lowest BCUT2D eigenvalue weighted by Crippen LogP contribution is -2.49. The van der Waals surface area contributed by atoms with Crippen LogP contribution in [0.25, 0.3) is 10.9 Å². The molecule has 3 fully saturated rings. The molecular formula is C25H34FN5O3. The lowest BCUT2D eigenvalue weighted by Gasteiger charge is -2.41. The van der Waals surface area contributed by atoms with Crippen molar-refractivity contribution in [2.24, 2.45) is 13.0 Å². The van der Waals surface area contributed by atoms with Gasteiger partial charge in [0.2, 0.25) is 5.91 Å². The van der Waals surface area contributed by atoms with Gasteiger partial charge in [-0.15, -0.1) is 0 Å². The molecule has 184 valence electrons. The predicted molar refractivity (Wildman–Crippen MR) is 127 cm³/mol. The van der Waals surface area contributed by atoms with Crippen molar-refractivity contribution in [3.8, 4) is 0 Å². The van der Waals surface area contributed by atoms with Crippen LogP contribution in [-0.2, 0) is 11.8 Å². The molecule has 1 aromatic heterocycles. The van der Waals surface area contributed by atoms with Crippen LogP contribution in [0, 0.1) is 11.7 Å². The molecule has 34 heavy (non-hydrogen) atoms. The van der Waals surface area contributed by atoms with E-state index in [1.54, 1.807) is 7.05 Å². The molecule has 9 heteroatoms. The average Bonchev–Trinajstić information content (AvgIpc) is 3.17. The summed E-state index contributed by atoms with van der Waals surface area (Å²) in [5, 5.41) is 16.5. The van der Waals surface area contributed by atoms with E-state index in [9.17, 15) is 14.7 Å². The highest BCUT2D eigenvalue weighted by Crippen LogP contribution is 2.38. The van der Waals surface area contributed by atoms with Gasteiger partial charge in [-0.25, -0.2) is 9.18 Å². The highest BCUT2D eigenvalue weighted by Gasteiger charge is 2.32. The van der Waals surface area contributed by atoms with Crippen LogP contribution in [-0.4, -0.2) is 64.0 Å². The van der Waals surface area contributed by atoms with Crippen molar-refractivity contribution in [3.05, 3.63) is 23.5 Å². The number of carbonyl (C=O) groups excluding carboxylic acids is 2. The minimum absolute atomic E-state index is 0.167. The zero-order chi connectivity index (χ0) is 23.8. The lowest BCUT2D eigenvalue weighted by atomic mass is 9.82. The fourth-order valence-corrected chi connectivity index (χ4v) is 6.16. The number of likely N-dealkylation sites (tertiary alicyclic amines) is 1. The van der Waals surface area contributed by atoms with Gasteiger partial charge in [0.1, 0.15) is 5.52 Å². The first-order chi connectivity index (χ1) is 16.5.